The number of nitrogens with zero attached hydrogens (tertiary/aromatic N) is 3. The number of rotatable bonds is 7. The van der Waals surface area contributed by atoms with Crippen LogP contribution < -0.4 is 5.32 Å². The molecule has 2 N–H and O–H groups in total. The topological polar surface area (TPSA) is 105 Å². The van der Waals surface area contributed by atoms with E-state index in [2.05, 4.69) is 10.4 Å². The summed E-state index contributed by atoms with van der Waals surface area (Å²) in [5, 5.41) is 15.7. The van der Waals surface area contributed by atoms with Gasteiger partial charge in [0.15, 0.2) is 0 Å². The monoisotopic (exact) mass is 296 g/mol. The van der Waals surface area contributed by atoms with Gasteiger partial charge in [0.2, 0.25) is 11.8 Å². The van der Waals surface area contributed by atoms with Crippen LogP contribution in [0, 0.1) is 0 Å². The summed E-state index contributed by atoms with van der Waals surface area (Å²) in [6, 6.07) is 0.0925. The van der Waals surface area contributed by atoms with Gasteiger partial charge in [-0.05, 0) is 19.9 Å². The number of carbonyl (C=O) groups is 3. The van der Waals surface area contributed by atoms with E-state index < -0.39 is 18.1 Å². The van der Waals surface area contributed by atoms with Crippen molar-refractivity contribution in [2.75, 3.05) is 13.1 Å². The zero-order valence-corrected chi connectivity index (χ0v) is 12.3. The maximum absolute atomic E-state index is 12.5. The molecule has 1 aromatic heterocycles. The molecule has 0 aliphatic rings. The maximum atomic E-state index is 12.5. The number of carbonyl (C=O) groups excluding carboxylic acids is 2. The Hall–Kier alpha value is -2.38. The zero-order chi connectivity index (χ0) is 16.0. The van der Waals surface area contributed by atoms with Gasteiger partial charge in [0.25, 0.3) is 0 Å². The van der Waals surface area contributed by atoms with E-state index in [1.54, 1.807) is 25.4 Å². The third kappa shape index (κ3) is 4.59. The molecule has 116 valence electrons. The lowest BCUT2D eigenvalue weighted by atomic mass is 10.2. The molecule has 8 nitrogen and oxygen atoms in total. The minimum absolute atomic E-state index is 0.123. The number of hydrogen-bond donors (Lipinski definition) is 2. The predicted molar refractivity (Wildman–Crippen MR) is 74.4 cm³/mol. The van der Waals surface area contributed by atoms with Gasteiger partial charge in [-0.3, -0.25) is 14.3 Å². The van der Waals surface area contributed by atoms with E-state index in [9.17, 15) is 14.4 Å². The highest BCUT2D eigenvalue weighted by atomic mass is 16.4. The van der Waals surface area contributed by atoms with Crippen molar-refractivity contribution in [3.63, 3.8) is 0 Å². The fraction of sp³-hybridized carbons (Fsp3) is 0.538. The lowest BCUT2D eigenvalue weighted by Crippen LogP contribution is -2.49. The molecular weight excluding hydrogens is 276 g/mol. The SMILES string of the molecule is CC(=O)NCCN(C(=O)C(C)n1cccn1)C(C)C(=O)O. The number of aromatic nitrogens is 2. The van der Waals surface area contributed by atoms with Crippen LogP contribution in [0.5, 0.6) is 0 Å². The normalized spacial score (nSPS) is 13.3. The first kappa shape index (κ1) is 16.7. The van der Waals surface area contributed by atoms with Gasteiger partial charge < -0.3 is 15.3 Å². The Morgan fingerprint density at radius 2 is 2.05 bits per heavy atom. The molecule has 2 atom stereocenters. The van der Waals surface area contributed by atoms with Crippen LogP contribution in [-0.4, -0.2) is 56.7 Å². The van der Waals surface area contributed by atoms with E-state index in [0.717, 1.165) is 0 Å². The first-order chi connectivity index (χ1) is 9.84. The van der Waals surface area contributed by atoms with Crippen LogP contribution in [0.3, 0.4) is 0 Å². The molecule has 8 heteroatoms. The van der Waals surface area contributed by atoms with Crippen molar-refractivity contribution >= 4 is 17.8 Å². The molecule has 0 aromatic carbocycles. The first-order valence-electron chi connectivity index (χ1n) is 6.61. The van der Waals surface area contributed by atoms with Crippen LogP contribution in [0.1, 0.15) is 26.8 Å². The van der Waals surface area contributed by atoms with Gasteiger partial charge in [-0.25, -0.2) is 4.79 Å². The maximum Gasteiger partial charge on any atom is 0.326 e. The highest BCUT2D eigenvalue weighted by Crippen LogP contribution is 2.11. The summed E-state index contributed by atoms with van der Waals surface area (Å²) < 4.78 is 1.46. The van der Waals surface area contributed by atoms with Crippen LogP contribution in [0.2, 0.25) is 0 Å². The van der Waals surface area contributed by atoms with Gasteiger partial charge in [0.1, 0.15) is 12.1 Å². The van der Waals surface area contributed by atoms with Gasteiger partial charge in [-0.1, -0.05) is 0 Å². The van der Waals surface area contributed by atoms with E-state index in [1.807, 2.05) is 0 Å². The molecule has 0 bridgehead atoms. The highest BCUT2D eigenvalue weighted by Gasteiger charge is 2.29. The van der Waals surface area contributed by atoms with Gasteiger partial charge >= 0.3 is 5.97 Å². The lowest BCUT2D eigenvalue weighted by molar-refractivity contribution is -0.150. The Bertz CT molecular complexity index is 500. The summed E-state index contributed by atoms with van der Waals surface area (Å²) in [4.78, 5) is 35.7. The van der Waals surface area contributed by atoms with Gasteiger partial charge in [0, 0.05) is 32.4 Å². The van der Waals surface area contributed by atoms with Gasteiger partial charge in [0.05, 0.1) is 0 Å². The van der Waals surface area contributed by atoms with Crippen molar-refractivity contribution in [3.8, 4) is 0 Å². The highest BCUT2D eigenvalue weighted by molar-refractivity contribution is 5.85. The van der Waals surface area contributed by atoms with Crippen molar-refractivity contribution in [1.82, 2.24) is 20.0 Å². The fourth-order valence-corrected chi connectivity index (χ4v) is 1.84. The Labute approximate surface area is 122 Å². The molecule has 0 spiro atoms. The zero-order valence-electron chi connectivity index (χ0n) is 12.3. The number of carboxylic acids is 1. The number of nitrogens with one attached hydrogen (secondary N) is 1. The fourth-order valence-electron chi connectivity index (χ4n) is 1.84. The molecule has 2 unspecified atom stereocenters. The molecular formula is C13H20N4O4. The molecule has 21 heavy (non-hydrogen) atoms. The van der Waals surface area contributed by atoms with Crippen molar-refractivity contribution in [3.05, 3.63) is 18.5 Å². The summed E-state index contributed by atoms with van der Waals surface area (Å²) in [6.07, 6.45) is 3.19. The Balaban J connectivity index is 2.81. The molecule has 0 aliphatic carbocycles. The van der Waals surface area contributed by atoms with Crippen molar-refractivity contribution < 1.29 is 19.5 Å². The standard InChI is InChI=1S/C13H20N4O4/c1-9(17-7-4-5-15-17)12(19)16(10(2)13(20)21)8-6-14-11(3)18/h4-5,7,9-10H,6,8H2,1-3H3,(H,14,18)(H,20,21). The number of carboxylic acid groups (broad SMARTS) is 1. The van der Waals surface area contributed by atoms with Gasteiger partial charge in [-0.15, -0.1) is 0 Å². The van der Waals surface area contributed by atoms with E-state index in [-0.39, 0.29) is 24.9 Å². The third-order valence-electron chi connectivity index (χ3n) is 3.11. The Morgan fingerprint density at radius 3 is 2.52 bits per heavy atom. The molecule has 0 aliphatic heterocycles. The molecule has 2 amide bonds. The molecule has 0 radical (unpaired) electrons. The van der Waals surface area contributed by atoms with E-state index >= 15 is 0 Å². The number of amides is 2. The van der Waals surface area contributed by atoms with Crippen molar-refractivity contribution in [2.24, 2.45) is 0 Å². The van der Waals surface area contributed by atoms with Crippen LogP contribution in [0.4, 0.5) is 0 Å². The second-order valence-electron chi connectivity index (χ2n) is 4.69. The van der Waals surface area contributed by atoms with E-state index in [1.165, 1.54) is 23.4 Å². The largest absolute Gasteiger partial charge is 0.480 e. The third-order valence-corrected chi connectivity index (χ3v) is 3.11. The minimum Gasteiger partial charge on any atom is -0.480 e. The summed E-state index contributed by atoms with van der Waals surface area (Å²) in [6.45, 7) is 4.76. The number of aliphatic carboxylic acids is 1. The molecule has 0 saturated carbocycles. The molecule has 1 heterocycles. The Morgan fingerprint density at radius 1 is 1.38 bits per heavy atom. The van der Waals surface area contributed by atoms with Crippen LogP contribution in [-0.2, 0) is 14.4 Å². The average molecular weight is 296 g/mol. The Kier molecular flexibility index (Phi) is 5.89. The number of hydrogen-bond acceptors (Lipinski definition) is 4. The minimum atomic E-state index is -1.10. The smallest absolute Gasteiger partial charge is 0.326 e. The van der Waals surface area contributed by atoms with Crippen LogP contribution in [0.15, 0.2) is 18.5 Å². The molecule has 1 aromatic rings. The molecule has 0 saturated heterocycles. The van der Waals surface area contributed by atoms with Crippen LogP contribution in [0.25, 0.3) is 0 Å². The quantitative estimate of drug-likeness (QED) is 0.730. The van der Waals surface area contributed by atoms with E-state index in [4.69, 9.17) is 5.11 Å². The lowest BCUT2D eigenvalue weighted by Gasteiger charge is -2.29. The van der Waals surface area contributed by atoms with E-state index in [0.29, 0.717) is 0 Å². The van der Waals surface area contributed by atoms with Crippen molar-refractivity contribution in [2.45, 2.75) is 32.9 Å². The summed E-state index contributed by atoms with van der Waals surface area (Å²) in [5.74, 6) is -1.69. The average Bonchev–Trinajstić information content (AvgIpc) is 2.95. The van der Waals surface area contributed by atoms with Crippen molar-refractivity contribution in [1.29, 1.82) is 0 Å². The van der Waals surface area contributed by atoms with Gasteiger partial charge in [-0.2, -0.15) is 5.10 Å². The second kappa shape index (κ2) is 7.41. The second-order valence-corrected chi connectivity index (χ2v) is 4.69. The molecule has 0 fully saturated rings. The van der Waals surface area contributed by atoms with Crippen LogP contribution >= 0.6 is 0 Å². The summed E-state index contributed by atoms with van der Waals surface area (Å²) in [5.41, 5.74) is 0. The summed E-state index contributed by atoms with van der Waals surface area (Å²) in [7, 11) is 0. The first-order valence-corrected chi connectivity index (χ1v) is 6.61. The summed E-state index contributed by atoms with van der Waals surface area (Å²) >= 11 is 0. The molecule has 1 rings (SSSR count). The predicted octanol–water partition coefficient (Wildman–Crippen LogP) is -0.118.